The number of nitrogens with zero attached hydrogens (tertiary/aromatic N) is 1. The lowest BCUT2D eigenvalue weighted by Crippen LogP contribution is -2.30. The SMILES string of the molecule is CC(CNC(C/C(N)=N/O)c1ccccc1)C1CC1. The van der Waals surface area contributed by atoms with Crippen LogP contribution >= 0.6 is 0 Å². The Bertz CT molecular complexity index is 415. The molecule has 0 bridgehead atoms. The van der Waals surface area contributed by atoms with E-state index >= 15 is 0 Å². The van der Waals surface area contributed by atoms with Gasteiger partial charge in [0.1, 0.15) is 5.84 Å². The van der Waals surface area contributed by atoms with Gasteiger partial charge in [0.2, 0.25) is 0 Å². The van der Waals surface area contributed by atoms with Gasteiger partial charge in [-0.3, -0.25) is 0 Å². The second-order valence-electron chi connectivity index (χ2n) is 5.48. The minimum absolute atomic E-state index is 0.110. The molecule has 104 valence electrons. The first-order valence-corrected chi connectivity index (χ1v) is 6.95. The largest absolute Gasteiger partial charge is 0.409 e. The van der Waals surface area contributed by atoms with Crippen molar-refractivity contribution < 1.29 is 5.21 Å². The average molecular weight is 261 g/mol. The molecule has 19 heavy (non-hydrogen) atoms. The van der Waals surface area contributed by atoms with Gasteiger partial charge in [0.05, 0.1) is 0 Å². The molecule has 1 saturated carbocycles. The zero-order valence-electron chi connectivity index (χ0n) is 11.4. The third kappa shape index (κ3) is 4.24. The molecule has 0 heterocycles. The van der Waals surface area contributed by atoms with Crippen molar-refractivity contribution in [1.29, 1.82) is 0 Å². The van der Waals surface area contributed by atoms with Crippen LogP contribution in [0, 0.1) is 11.8 Å². The number of hydrogen-bond acceptors (Lipinski definition) is 3. The molecule has 1 fully saturated rings. The van der Waals surface area contributed by atoms with Crippen LogP contribution in [0.4, 0.5) is 0 Å². The van der Waals surface area contributed by atoms with Crippen molar-refractivity contribution in [2.45, 2.75) is 32.2 Å². The van der Waals surface area contributed by atoms with Crippen molar-refractivity contribution in [3.63, 3.8) is 0 Å². The number of hydrogen-bond donors (Lipinski definition) is 3. The van der Waals surface area contributed by atoms with E-state index in [1.807, 2.05) is 18.2 Å². The maximum absolute atomic E-state index is 8.74. The van der Waals surface area contributed by atoms with Gasteiger partial charge in [-0.2, -0.15) is 0 Å². The van der Waals surface area contributed by atoms with Crippen molar-refractivity contribution in [3.8, 4) is 0 Å². The molecule has 2 rings (SSSR count). The van der Waals surface area contributed by atoms with Crippen LogP contribution in [0.1, 0.15) is 37.8 Å². The highest BCUT2D eigenvalue weighted by Gasteiger charge is 2.28. The highest BCUT2D eigenvalue weighted by molar-refractivity contribution is 5.80. The van der Waals surface area contributed by atoms with Crippen LogP contribution < -0.4 is 11.1 Å². The second kappa shape index (κ2) is 6.57. The normalized spacial score (nSPS) is 19.1. The lowest BCUT2D eigenvalue weighted by Gasteiger charge is -2.21. The standard InChI is InChI=1S/C15H23N3O/c1-11(12-7-8-12)10-17-14(9-15(16)18-19)13-5-3-2-4-6-13/h2-6,11-12,14,17,19H,7-10H2,1H3,(H2,16,18). The van der Waals surface area contributed by atoms with Gasteiger partial charge in [0.25, 0.3) is 0 Å². The Morgan fingerprint density at radius 1 is 1.42 bits per heavy atom. The van der Waals surface area contributed by atoms with Gasteiger partial charge in [0, 0.05) is 12.5 Å². The molecule has 4 N–H and O–H groups in total. The molecule has 0 radical (unpaired) electrons. The summed E-state index contributed by atoms with van der Waals surface area (Å²) >= 11 is 0. The molecule has 2 unspecified atom stereocenters. The van der Waals surface area contributed by atoms with E-state index in [0.29, 0.717) is 12.3 Å². The van der Waals surface area contributed by atoms with Crippen molar-refractivity contribution in [2.24, 2.45) is 22.7 Å². The molecule has 0 aliphatic heterocycles. The van der Waals surface area contributed by atoms with Gasteiger partial charge in [-0.05, 0) is 36.8 Å². The van der Waals surface area contributed by atoms with Crippen LogP contribution in [0.15, 0.2) is 35.5 Å². The van der Waals surface area contributed by atoms with Crippen LogP contribution in [0.3, 0.4) is 0 Å². The Morgan fingerprint density at radius 2 is 2.11 bits per heavy atom. The molecule has 1 aliphatic rings. The number of oxime groups is 1. The summed E-state index contributed by atoms with van der Waals surface area (Å²) in [5.74, 6) is 1.84. The van der Waals surface area contributed by atoms with Crippen LogP contribution in [-0.4, -0.2) is 17.6 Å². The number of nitrogens with one attached hydrogen (secondary N) is 1. The Hall–Kier alpha value is -1.55. The topological polar surface area (TPSA) is 70.6 Å². The van der Waals surface area contributed by atoms with E-state index in [2.05, 4.69) is 29.5 Å². The summed E-state index contributed by atoms with van der Waals surface area (Å²) in [6, 6.07) is 10.3. The molecule has 2 atom stereocenters. The zero-order valence-corrected chi connectivity index (χ0v) is 11.4. The Balaban J connectivity index is 1.97. The Labute approximate surface area is 114 Å². The molecule has 1 aromatic rings. The lowest BCUT2D eigenvalue weighted by molar-refractivity contribution is 0.315. The van der Waals surface area contributed by atoms with Gasteiger partial charge in [0.15, 0.2) is 0 Å². The van der Waals surface area contributed by atoms with E-state index < -0.39 is 0 Å². The summed E-state index contributed by atoms with van der Waals surface area (Å²) in [6.07, 6.45) is 3.25. The number of nitrogens with two attached hydrogens (primary N) is 1. The number of rotatable bonds is 7. The fraction of sp³-hybridized carbons (Fsp3) is 0.533. The predicted molar refractivity (Wildman–Crippen MR) is 77.1 cm³/mol. The molecular weight excluding hydrogens is 238 g/mol. The maximum Gasteiger partial charge on any atom is 0.141 e. The summed E-state index contributed by atoms with van der Waals surface area (Å²) in [4.78, 5) is 0. The molecule has 0 aromatic heterocycles. The number of amidine groups is 1. The van der Waals surface area contributed by atoms with E-state index in [0.717, 1.165) is 12.5 Å². The highest BCUT2D eigenvalue weighted by atomic mass is 16.4. The smallest absolute Gasteiger partial charge is 0.141 e. The van der Waals surface area contributed by atoms with Crippen LogP contribution in [-0.2, 0) is 0 Å². The first kappa shape index (κ1) is 13.9. The van der Waals surface area contributed by atoms with E-state index in [9.17, 15) is 0 Å². The summed E-state index contributed by atoms with van der Waals surface area (Å²) in [5.41, 5.74) is 6.83. The monoisotopic (exact) mass is 261 g/mol. The van der Waals surface area contributed by atoms with Gasteiger partial charge in [-0.25, -0.2) is 0 Å². The maximum atomic E-state index is 8.74. The molecule has 0 saturated heterocycles. The molecule has 0 spiro atoms. The summed E-state index contributed by atoms with van der Waals surface area (Å²) in [5, 5.41) is 15.4. The van der Waals surface area contributed by atoms with Gasteiger partial charge in [-0.1, -0.05) is 42.4 Å². The van der Waals surface area contributed by atoms with Crippen LogP contribution in [0.2, 0.25) is 0 Å². The van der Waals surface area contributed by atoms with Crippen molar-refractivity contribution in [2.75, 3.05) is 6.54 Å². The van der Waals surface area contributed by atoms with E-state index in [-0.39, 0.29) is 11.9 Å². The first-order valence-electron chi connectivity index (χ1n) is 6.95. The summed E-state index contributed by atoms with van der Waals surface area (Å²) < 4.78 is 0. The third-order valence-electron chi connectivity index (χ3n) is 3.86. The minimum atomic E-state index is 0.110. The molecule has 0 amide bonds. The van der Waals surface area contributed by atoms with Crippen LogP contribution in [0.5, 0.6) is 0 Å². The predicted octanol–water partition coefficient (Wildman–Crippen LogP) is 2.50. The average Bonchev–Trinajstić information content (AvgIpc) is 3.28. The summed E-state index contributed by atoms with van der Waals surface area (Å²) in [6.45, 7) is 3.26. The van der Waals surface area contributed by atoms with Gasteiger partial charge in [-0.15, -0.1) is 0 Å². The Kier molecular flexibility index (Phi) is 4.80. The number of benzene rings is 1. The molecule has 4 nitrogen and oxygen atoms in total. The van der Waals surface area contributed by atoms with Gasteiger partial charge >= 0.3 is 0 Å². The first-order chi connectivity index (χ1) is 9.20. The van der Waals surface area contributed by atoms with Crippen molar-refractivity contribution >= 4 is 5.84 Å². The zero-order chi connectivity index (χ0) is 13.7. The van der Waals surface area contributed by atoms with E-state index in [4.69, 9.17) is 10.9 Å². The fourth-order valence-electron chi connectivity index (χ4n) is 2.40. The quantitative estimate of drug-likeness (QED) is 0.306. The Morgan fingerprint density at radius 3 is 2.68 bits per heavy atom. The third-order valence-corrected chi connectivity index (χ3v) is 3.86. The highest BCUT2D eigenvalue weighted by Crippen LogP contribution is 2.36. The van der Waals surface area contributed by atoms with Gasteiger partial charge < -0.3 is 16.3 Å². The van der Waals surface area contributed by atoms with Crippen LogP contribution in [0.25, 0.3) is 0 Å². The molecule has 1 aliphatic carbocycles. The molecule has 1 aromatic carbocycles. The minimum Gasteiger partial charge on any atom is -0.409 e. The lowest BCUT2D eigenvalue weighted by atomic mass is 10.0. The molecule has 4 heteroatoms. The second-order valence-corrected chi connectivity index (χ2v) is 5.48. The molecular formula is C15H23N3O. The fourth-order valence-corrected chi connectivity index (χ4v) is 2.40. The van der Waals surface area contributed by atoms with Crippen molar-refractivity contribution in [1.82, 2.24) is 5.32 Å². The van der Waals surface area contributed by atoms with Crippen molar-refractivity contribution in [3.05, 3.63) is 35.9 Å². The van der Waals surface area contributed by atoms with E-state index in [1.165, 1.54) is 18.4 Å². The summed E-state index contributed by atoms with van der Waals surface area (Å²) in [7, 11) is 0. The van der Waals surface area contributed by atoms with E-state index in [1.54, 1.807) is 0 Å².